The van der Waals surface area contributed by atoms with E-state index in [1.165, 1.54) is 16.7 Å². The van der Waals surface area contributed by atoms with Gasteiger partial charge >= 0.3 is 0 Å². The zero-order chi connectivity index (χ0) is 27.4. The van der Waals surface area contributed by atoms with Gasteiger partial charge < -0.3 is 9.47 Å². The minimum atomic E-state index is -0.153. The van der Waals surface area contributed by atoms with Crippen molar-refractivity contribution in [2.45, 2.75) is 32.9 Å². The highest BCUT2D eigenvalue weighted by atomic mass is 16.5. The van der Waals surface area contributed by atoms with Gasteiger partial charge in [0, 0.05) is 50.8 Å². The van der Waals surface area contributed by atoms with E-state index in [9.17, 15) is 4.79 Å². The van der Waals surface area contributed by atoms with Crippen LogP contribution < -0.4 is 9.47 Å². The summed E-state index contributed by atoms with van der Waals surface area (Å²) in [5, 5.41) is 6.64. The first-order chi connectivity index (χ1) is 18.9. The summed E-state index contributed by atoms with van der Waals surface area (Å²) in [6.07, 6.45) is 0.628. The number of carbonyl (C=O) groups is 1. The number of hydrogen-bond donors (Lipinski definition) is 0. The highest BCUT2D eigenvalue weighted by Crippen LogP contribution is 2.37. The molecule has 204 valence electrons. The van der Waals surface area contributed by atoms with Crippen LogP contribution in [0.15, 0.2) is 71.8 Å². The van der Waals surface area contributed by atoms with Crippen LogP contribution in [0.3, 0.4) is 0 Å². The Balaban J connectivity index is 1.33. The first-order valence-corrected chi connectivity index (χ1v) is 13.6. The van der Waals surface area contributed by atoms with E-state index in [0.717, 1.165) is 55.3 Å². The number of benzene rings is 3. The first-order valence-electron chi connectivity index (χ1n) is 13.6. The second kappa shape index (κ2) is 12.0. The molecule has 39 heavy (non-hydrogen) atoms. The lowest BCUT2D eigenvalue weighted by Crippen LogP contribution is -2.49. The maximum atomic E-state index is 13.8. The Hall–Kier alpha value is -3.68. The van der Waals surface area contributed by atoms with E-state index in [0.29, 0.717) is 18.7 Å². The second-order valence-electron chi connectivity index (χ2n) is 10.5. The summed E-state index contributed by atoms with van der Waals surface area (Å²) in [5.74, 6) is 1.44. The molecule has 0 bridgehead atoms. The number of piperazine rings is 1. The fourth-order valence-electron chi connectivity index (χ4n) is 5.59. The third kappa shape index (κ3) is 6.15. The molecule has 0 saturated carbocycles. The lowest BCUT2D eigenvalue weighted by atomic mass is 9.94. The van der Waals surface area contributed by atoms with Crippen molar-refractivity contribution in [3.8, 4) is 11.5 Å². The predicted octanol–water partition coefficient (Wildman–Crippen LogP) is 4.82. The molecule has 1 fully saturated rings. The number of methoxy groups -OCH3 is 2. The number of aryl methyl sites for hydroxylation is 2. The summed E-state index contributed by atoms with van der Waals surface area (Å²) in [6.45, 7) is 9.13. The summed E-state index contributed by atoms with van der Waals surface area (Å²) in [7, 11) is 3.29. The van der Waals surface area contributed by atoms with Crippen molar-refractivity contribution in [3.05, 3.63) is 94.5 Å². The quantitative estimate of drug-likeness (QED) is 0.422. The molecule has 1 atom stereocenters. The molecule has 0 radical (unpaired) electrons. The highest BCUT2D eigenvalue weighted by Gasteiger charge is 2.35. The van der Waals surface area contributed by atoms with Gasteiger partial charge in [-0.25, -0.2) is 5.01 Å². The van der Waals surface area contributed by atoms with Crippen LogP contribution in [0.25, 0.3) is 0 Å². The van der Waals surface area contributed by atoms with Crippen molar-refractivity contribution in [3.63, 3.8) is 0 Å². The maximum Gasteiger partial charge on any atom is 0.257 e. The monoisotopic (exact) mass is 526 g/mol. The minimum absolute atomic E-state index is 0.0268. The first kappa shape index (κ1) is 26.9. The topological polar surface area (TPSA) is 57.6 Å². The maximum absolute atomic E-state index is 13.8. The van der Waals surface area contributed by atoms with Gasteiger partial charge in [-0.1, -0.05) is 54.1 Å². The van der Waals surface area contributed by atoms with Crippen molar-refractivity contribution in [1.82, 2.24) is 14.8 Å². The molecule has 1 saturated heterocycles. The number of hydrazone groups is 1. The molecule has 5 rings (SSSR count). The molecule has 2 aliphatic rings. The van der Waals surface area contributed by atoms with Crippen LogP contribution >= 0.6 is 0 Å². The number of amides is 1. The molecule has 2 aliphatic heterocycles. The van der Waals surface area contributed by atoms with Gasteiger partial charge in [-0.2, -0.15) is 5.10 Å². The fraction of sp³-hybridized carbons (Fsp3) is 0.375. The van der Waals surface area contributed by atoms with Gasteiger partial charge in [0.1, 0.15) is 11.5 Å². The van der Waals surface area contributed by atoms with E-state index in [-0.39, 0.29) is 11.9 Å². The predicted molar refractivity (Wildman–Crippen MR) is 154 cm³/mol. The number of nitrogens with zero attached hydrogens (tertiary/aromatic N) is 4. The standard InChI is InChI=1S/C32H38N4O3/c1-23-10-12-27(24(2)18-23)30-20-29(28-13-11-26(38-3)19-31(28)39-4)33-36(30)32(37)22-35-16-14-34(15-17-35)21-25-8-6-5-7-9-25/h5-13,18-19,30H,14-17,20-22H2,1-4H3/t30-/m0/s1. The van der Waals surface area contributed by atoms with Crippen LogP contribution in [0.5, 0.6) is 11.5 Å². The summed E-state index contributed by atoms with van der Waals surface area (Å²) in [4.78, 5) is 18.5. The molecule has 1 amide bonds. The van der Waals surface area contributed by atoms with Crippen LogP contribution in [0.4, 0.5) is 0 Å². The second-order valence-corrected chi connectivity index (χ2v) is 10.5. The van der Waals surface area contributed by atoms with Crippen molar-refractivity contribution >= 4 is 11.6 Å². The van der Waals surface area contributed by atoms with E-state index in [1.54, 1.807) is 19.2 Å². The lowest BCUT2D eigenvalue weighted by Gasteiger charge is -2.35. The molecule has 0 aliphatic carbocycles. The third-order valence-electron chi connectivity index (χ3n) is 7.74. The van der Waals surface area contributed by atoms with Crippen molar-refractivity contribution < 1.29 is 14.3 Å². The summed E-state index contributed by atoms with van der Waals surface area (Å²) >= 11 is 0. The number of carbonyl (C=O) groups excluding carboxylic acids is 1. The van der Waals surface area contributed by atoms with Gasteiger partial charge in [0.05, 0.1) is 32.5 Å². The molecule has 0 spiro atoms. The van der Waals surface area contributed by atoms with Gasteiger partial charge in [-0.05, 0) is 42.7 Å². The molecule has 2 heterocycles. The Labute approximate surface area is 231 Å². The Kier molecular flexibility index (Phi) is 8.29. The molecule has 3 aromatic carbocycles. The average Bonchev–Trinajstić information content (AvgIpc) is 3.39. The van der Waals surface area contributed by atoms with Gasteiger partial charge in [-0.15, -0.1) is 0 Å². The van der Waals surface area contributed by atoms with Crippen LogP contribution in [0, 0.1) is 13.8 Å². The summed E-state index contributed by atoms with van der Waals surface area (Å²) in [6, 6.07) is 22.6. The van der Waals surface area contributed by atoms with Crippen LogP contribution in [-0.4, -0.2) is 73.4 Å². The number of ether oxygens (including phenoxy) is 2. The van der Waals surface area contributed by atoms with E-state index in [1.807, 2.05) is 18.2 Å². The molecule has 3 aromatic rings. The van der Waals surface area contributed by atoms with Crippen LogP contribution in [0.2, 0.25) is 0 Å². The van der Waals surface area contributed by atoms with E-state index < -0.39 is 0 Å². The molecular formula is C32H38N4O3. The highest BCUT2D eigenvalue weighted by molar-refractivity contribution is 6.05. The normalized spacial score (nSPS) is 18.2. The molecule has 7 nitrogen and oxygen atoms in total. The molecule has 0 N–H and O–H groups in total. The van der Waals surface area contributed by atoms with Gasteiger partial charge in [-0.3, -0.25) is 14.6 Å². The van der Waals surface area contributed by atoms with Gasteiger partial charge in [0.15, 0.2) is 0 Å². The fourth-order valence-corrected chi connectivity index (χ4v) is 5.59. The zero-order valence-corrected chi connectivity index (χ0v) is 23.4. The summed E-state index contributed by atoms with van der Waals surface area (Å²) < 4.78 is 11.1. The number of hydrogen-bond acceptors (Lipinski definition) is 6. The minimum Gasteiger partial charge on any atom is -0.497 e. The van der Waals surface area contributed by atoms with Crippen molar-refractivity contribution in [2.24, 2.45) is 5.10 Å². The molecule has 0 unspecified atom stereocenters. The van der Waals surface area contributed by atoms with E-state index in [2.05, 4.69) is 72.2 Å². The van der Waals surface area contributed by atoms with Crippen molar-refractivity contribution in [2.75, 3.05) is 46.9 Å². The Bertz CT molecular complexity index is 1330. The lowest BCUT2D eigenvalue weighted by molar-refractivity contribution is -0.134. The molecule has 7 heteroatoms. The Morgan fingerprint density at radius 2 is 1.64 bits per heavy atom. The zero-order valence-electron chi connectivity index (χ0n) is 23.4. The van der Waals surface area contributed by atoms with E-state index in [4.69, 9.17) is 14.6 Å². The Morgan fingerprint density at radius 3 is 2.33 bits per heavy atom. The third-order valence-corrected chi connectivity index (χ3v) is 7.74. The average molecular weight is 527 g/mol. The molecular weight excluding hydrogens is 488 g/mol. The SMILES string of the molecule is COc1ccc(C2=NN(C(=O)CN3CCN(Cc4ccccc4)CC3)[C@H](c3ccc(C)cc3C)C2)c(OC)c1. The smallest absolute Gasteiger partial charge is 0.257 e. The largest absolute Gasteiger partial charge is 0.497 e. The summed E-state index contributed by atoms with van der Waals surface area (Å²) in [5.41, 5.74) is 6.57. The Morgan fingerprint density at radius 1 is 0.897 bits per heavy atom. The van der Waals surface area contributed by atoms with Gasteiger partial charge in [0.25, 0.3) is 5.91 Å². The van der Waals surface area contributed by atoms with Crippen LogP contribution in [0.1, 0.15) is 40.3 Å². The van der Waals surface area contributed by atoms with Gasteiger partial charge in [0.2, 0.25) is 0 Å². The van der Waals surface area contributed by atoms with E-state index >= 15 is 0 Å². The van der Waals surface area contributed by atoms with Crippen molar-refractivity contribution in [1.29, 1.82) is 0 Å². The number of rotatable bonds is 8. The van der Waals surface area contributed by atoms with Crippen LogP contribution in [-0.2, 0) is 11.3 Å². The molecule has 0 aromatic heterocycles.